The predicted octanol–water partition coefficient (Wildman–Crippen LogP) is 3.51. The Balaban J connectivity index is 2.48. The molecule has 1 nitrogen and oxygen atoms in total. The molecule has 0 fully saturated rings. The molecule has 0 unspecified atom stereocenters. The molecular weight excluding hydrogens is 218 g/mol. The monoisotopic (exact) mass is 224 g/mol. The van der Waals surface area contributed by atoms with Crippen LogP contribution < -0.4 is 0 Å². The average Bonchev–Trinajstić information content (AvgIpc) is 2.64. The molecule has 0 N–H and O–H groups in total. The van der Waals surface area contributed by atoms with Gasteiger partial charge >= 0.3 is 0 Å². The van der Waals surface area contributed by atoms with Gasteiger partial charge in [-0.25, -0.2) is 8.78 Å². The van der Waals surface area contributed by atoms with E-state index in [4.69, 9.17) is 0 Å². The molecule has 0 amide bonds. The number of benzene rings is 1. The van der Waals surface area contributed by atoms with Crippen LogP contribution in [-0.4, -0.2) is 6.29 Å². The van der Waals surface area contributed by atoms with Crippen molar-refractivity contribution in [3.63, 3.8) is 0 Å². The summed E-state index contributed by atoms with van der Waals surface area (Å²) in [5.41, 5.74) is 1.09. The summed E-state index contributed by atoms with van der Waals surface area (Å²) in [6.07, 6.45) is 0.712. The smallest absolute Gasteiger partial charge is 0.160 e. The van der Waals surface area contributed by atoms with Crippen LogP contribution in [-0.2, 0) is 0 Å². The number of rotatable bonds is 2. The van der Waals surface area contributed by atoms with Gasteiger partial charge in [-0.1, -0.05) is 0 Å². The summed E-state index contributed by atoms with van der Waals surface area (Å²) in [4.78, 5) is 11.0. The number of halogens is 2. The van der Waals surface area contributed by atoms with Crippen LogP contribution in [0.2, 0.25) is 0 Å². The lowest BCUT2D eigenvalue weighted by atomic mass is 10.1. The first kappa shape index (κ1) is 9.98. The zero-order valence-corrected chi connectivity index (χ0v) is 8.35. The molecule has 1 aromatic heterocycles. The van der Waals surface area contributed by atoms with Crippen molar-refractivity contribution in [3.05, 3.63) is 46.2 Å². The number of carbonyl (C=O) groups excluding carboxylic acids is 1. The zero-order valence-electron chi connectivity index (χ0n) is 7.54. The van der Waals surface area contributed by atoms with E-state index in [0.717, 1.165) is 6.07 Å². The Kier molecular flexibility index (Phi) is 2.60. The summed E-state index contributed by atoms with van der Waals surface area (Å²) >= 11 is 1.24. The lowest BCUT2D eigenvalue weighted by molar-refractivity contribution is 0.112. The molecule has 0 saturated heterocycles. The SMILES string of the molecule is O=Cc1cc(-c2cc(F)cc(F)c2)cs1. The molecule has 0 aliphatic carbocycles. The van der Waals surface area contributed by atoms with Crippen molar-refractivity contribution in [3.8, 4) is 11.1 Å². The van der Waals surface area contributed by atoms with Gasteiger partial charge in [-0.2, -0.15) is 0 Å². The van der Waals surface area contributed by atoms with E-state index in [-0.39, 0.29) is 0 Å². The van der Waals surface area contributed by atoms with Crippen LogP contribution in [0.15, 0.2) is 29.6 Å². The number of hydrogen-bond donors (Lipinski definition) is 0. The molecule has 0 aliphatic heterocycles. The molecule has 0 atom stereocenters. The van der Waals surface area contributed by atoms with Crippen LogP contribution in [0.3, 0.4) is 0 Å². The quantitative estimate of drug-likeness (QED) is 0.713. The Hall–Kier alpha value is -1.55. The zero-order chi connectivity index (χ0) is 10.8. The minimum atomic E-state index is -0.621. The van der Waals surface area contributed by atoms with E-state index < -0.39 is 11.6 Å². The molecule has 0 bridgehead atoms. The second-order valence-electron chi connectivity index (χ2n) is 3.01. The van der Waals surface area contributed by atoms with Gasteiger partial charge in [0.2, 0.25) is 0 Å². The van der Waals surface area contributed by atoms with Gasteiger partial charge in [0.25, 0.3) is 0 Å². The fourth-order valence-corrected chi connectivity index (χ4v) is 2.00. The van der Waals surface area contributed by atoms with E-state index in [1.807, 2.05) is 0 Å². The average molecular weight is 224 g/mol. The Morgan fingerprint density at radius 3 is 2.20 bits per heavy atom. The standard InChI is InChI=1S/C11H6F2OS/c12-9-1-7(2-10(13)4-9)8-3-11(5-14)15-6-8/h1-6H. The van der Waals surface area contributed by atoms with Gasteiger partial charge in [-0.15, -0.1) is 11.3 Å². The van der Waals surface area contributed by atoms with E-state index in [1.165, 1.54) is 23.5 Å². The Morgan fingerprint density at radius 2 is 1.67 bits per heavy atom. The third-order valence-electron chi connectivity index (χ3n) is 1.93. The van der Waals surface area contributed by atoms with Gasteiger partial charge in [0, 0.05) is 6.07 Å². The molecule has 0 spiro atoms. The van der Waals surface area contributed by atoms with Crippen LogP contribution in [0.25, 0.3) is 11.1 Å². The second-order valence-corrected chi connectivity index (χ2v) is 3.96. The molecule has 15 heavy (non-hydrogen) atoms. The van der Waals surface area contributed by atoms with Crippen molar-refractivity contribution in [2.45, 2.75) is 0 Å². The van der Waals surface area contributed by atoms with Crippen molar-refractivity contribution >= 4 is 17.6 Å². The van der Waals surface area contributed by atoms with Crippen molar-refractivity contribution in [1.82, 2.24) is 0 Å². The van der Waals surface area contributed by atoms with Gasteiger partial charge in [0.1, 0.15) is 11.6 Å². The van der Waals surface area contributed by atoms with Crippen molar-refractivity contribution < 1.29 is 13.6 Å². The Labute approximate surface area is 89.0 Å². The highest BCUT2D eigenvalue weighted by Gasteiger charge is 2.05. The maximum absolute atomic E-state index is 12.9. The topological polar surface area (TPSA) is 17.1 Å². The maximum atomic E-state index is 12.9. The highest BCUT2D eigenvalue weighted by Crippen LogP contribution is 2.26. The largest absolute Gasteiger partial charge is 0.297 e. The summed E-state index contributed by atoms with van der Waals surface area (Å²) in [7, 11) is 0. The van der Waals surface area contributed by atoms with Crippen molar-refractivity contribution in [2.75, 3.05) is 0 Å². The number of hydrogen-bond acceptors (Lipinski definition) is 2. The molecule has 2 aromatic rings. The van der Waals surface area contributed by atoms with Gasteiger partial charge in [0.05, 0.1) is 4.88 Å². The first-order valence-electron chi connectivity index (χ1n) is 4.19. The lowest BCUT2D eigenvalue weighted by Gasteiger charge is -1.98. The van der Waals surface area contributed by atoms with Crippen molar-refractivity contribution in [2.24, 2.45) is 0 Å². The molecule has 2 rings (SSSR count). The van der Waals surface area contributed by atoms with Crippen LogP contribution >= 0.6 is 11.3 Å². The molecule has 0 radical (unpaired) electrons. The van der Waals surface area contributed by atoms with Crippen molar-refractivity contribution in [1.29, 1.82) is 0 Å². The number of aldehydes is 1. The lowest BCUT2D eigenvalue weighted by Crippen LogP contribution is -1.82. The molecule has 4 heteroatoms. The minimum Gasteiger partial charge on any atom is -0.297 e. The van der Waals surface area contributed by atoms with Gasteiger partial charge in [-0.3, -0.25) is 4.79 Å². The second kappa shape index (κ2) is 3.90. The fourth-order valence-electron chi connectivity index (χ4n) is 1.29. The summed E-state index contributed by atoms with van der Waals surface area (Å²) < 4.78 is 25.8. The van der Waals surface area contributed by atoms with Gasteiger partial charge < -0.3 is 0 Å². The highest BCUT2D eigenvalue weighted by atomic mass is 32.1. The fraction of sp³-hybridized carbons (Fsp3) is 0. The normalized spacial score (nSPS) is 10.3. The summed E-state index contributed by atoms with van der Waals surface area (Å²) in [6, 6.07) is 4.89. The maximum Gasteiger partial charge on any atom is 0.160 e. The molecular formula is C11H6F2OS. The van der Waals surface area contributed by atoms with Crippen LogP contribution in [0.4, 0.5) is 8.78 Å². The third-order valence-corrected chi connectivity index (χ3v) is 2.79. The third kappa shape index (κ3) is 2.10. The van der Waals surface area contributed by atoms with E-state index in [1.54, 1.807) is 11.4 Å². The van der Waals surface area contributed by atoms with Gasteiger partial charge in [0.15, 0.2) is 6.29 Å². The molecule has 0 aliphatic rings. The summed E-state index contributed by atoms with van der Waals surface area (Å²) in [5.74, 6) is -1.24. The van der Waals surface area contributed by atoms with E-state index >= 15 is 0 Å². The first-order valence-corrected chi connectivity index (χ1v) is 5.07. The Bertz CT molecular complexity index is 485. The number of thiophene rings is 1. The minimum absolute atomic E-state index is 0.442. The van der Waals surface area contributed by atoms with E-state index in [2.05, 4.69) is 0 Å². The summed E-state index contributed by atoms with van der Waals surface area (Å²) in [6.45, 7) is 0. The Morgan fingerprint density at radius 1 is 1.00 bits per heavy atom. The predicted molar refractivity (Wildman–Crippen MR) is 55.1 cm³/mol. The van der Waals surface area contributed by atoms with Crippen LogP contribution in [0.1, 0.15) is 9.67 Å². The molecule has 0 saturated carbocycles. The first-order chi connectivity index (χ1) is 7.19. The van der Waals surface area contributed by atoms with Crippen LogP contribution in [0.5, 0.6) is 0 Å². The number of carbonyl (C=O) groups is 1. The highest BCUT2D eigenvalue weighted by molar-refractivity contribution is 7.12. The van der Waals surface area contributed by atoms with E-state index in [0.29, 0.717) is 22.3 Å². The summed E-state index contributed by atoms with van der Waals surface area (Å²) in [5, 5.41) is 1.69. The van der Waals surface area contributed by atoms with Crippen LogP contribution in [0, 0.1) is 11.6 Å². The molecule has 76 valence electrons. The van der Waals surface area contributed by atoms with E-state index in [9.17, 15) is 13.6 Å². The molecule has 1 heterocycles. The molecule has 1 aromatic carbocycles. The van der Waals surface area contributed by atoms with Gasteiger partial charge in [-0.05, 0) is 34.7 Å².